The molecule has 7 nitrogen and oxygen atoms in total. The molecule has 180 valence electrons. The van der Waals surface area contributed by atoms with Gasteiger partial charge in [0, 0.05) is 48.9 Å². The smallest absolute Gasteiger partial charge is 0.320 e. The summed E-state index contributed by atoms with van der Waals surface area (Å²) < 4.78 is 21.5. The lowest BCUT2D eigenvalue weighted by atomic mass is 9.82. The molecule has 3 atom stereocenters. The Morgan fingerprint density at radius 3 is 2.56 bits per heavy atom. The summed E-state index contributed by atoms with van der Waals surface area (Å²) in [7, 11) is 0. The third kappa shape index (κ3) is 5.02. The number of nitrogens with zero attached hydrogens (tertiary/aromatic N) is 6. The molecule has 1 saturated heterocycles. The van der Waals surface area contributed by atoms with Gasteiger partial charge in [-0.05, 0) is 55.6 Å². The van der Waals surface area contributed by atoms with E-state index < -0.39 is 5.82 Å². The third-order valence-electron chi connectivity index (χ3n) is 6.83. The van der Waals surface area contributed by atoms with Crippen molar-refractivity contribution in [2.24, 2.45) is 23.7 Å². The number of anilines is 1. The van der Waals surface area contributed by atoms with E-state index in [1.54, 1.807) is 17.1 Å². The fourth-order valence-electron chi connectivity index (χ4n) is 5.37. The number of hydrogen-bond donors (Lipinski definition) is 0. The molecule has 1 saturated carbocycles. The van der Waals surface area contributed by atoms with Crippen molar-refractivity contribution in [2.75, 3.05) is 18.0 Å². The molecule has 2 aromatic heterocycles. The molecule has 0 N–H and O–H groups in total. The molecule has 0 spiro atoms. The largest absolute Gasteiger partial charge is 0.424 e. The fraction of sp³-hybridized carbons (Fsp3) is 0.520. The van der Waals surface area contributed by atoms with Gasteiger partial charge in [-0.1, -0.05) is 25.4 Å². The summed E-state index contributed by atoms with van der Waals surface area (Å²) in [6.07, 6.45) is 4.90. The molecule has 1 unspecified atom stereocenters. The maximum atomic E-state index is 13.8. The Balaban J connectivity index is 1.33. The van der Waals surface area contributed by atoms with E-state index in [-0.39, 0.29) is 5.02 Å². The van der Waals surface area contributed by atoms with Crippen molar-refractivity contribution in [2.45, 2.75) is 46.6 Å². The second-order valence-electron chi connectivity index (χ2n) is 9.98. The summed E-state index contributed by atoms with van der Waals surface area (Å²) in [6, 6.07) is 6.60. The highest BCUT2D eigenvalue weighted by Crippen LogP contribution is 2.44. The first-order chi connectivity index (χ1) is 16.3. The van der Waals surface area contributed by atoms with Gasteiger partial charge >= 0.3 is 6.01 Å². The van der Waals surface area contributed by atoms with Crippen LogP contribution in [0, 0.1) is 36.4 Å². The minimum atomic E-state index is -0.445. The Morgan fingerprint density at radius 2 is 1.88 bits per heavy atom. The molecule has 2 aliphatic rings. The molecular weight excluding hydrogens is 455 g/mol. The van der Waals surface area contributed by atoms with Crippen molar-refractivity contribution in [3.63, 3.8) is 0 Å². The van der Waals surface area contributed by atoms with Gasteiger partial charge in [0.2, 0.25) is 0 Å². The predicted molar refractivity (Wildman–Crippen MR) is 129 cm³/mol. The van der Waals surface area contributed by atoms with Crippen LogP contribution in [0.5, 0.6) is 11.8 Å². The number of halogens is 2. The van der Waals surface area contributed by atoms with Gasteiger partial charge in [-0.3, -0.25) is 0 Å². The molecule has 1 aliphatic carbocycles. The van der Waals surface area contributed by atoms with Crippen LogP contribution in [0.3, 0.4) is 0 Å². The van der Waals surface area contributed by atoms with Gasteiger partial charge in [0.25, 0.3) is 0 Å². The lowest BCUT2D eigenvalue weighted by Gasteiger charge is -2.38. The van der Waals surface area contributed by atoms with Crippen LogP contribution in [0.2, 0.25) is 5.02 Å². The highest BCUT2D eigenvalue weighted by atomic mass is 35.5. The number of hydrogen-bond acceptors (Lipinski definition) is 6. The van der Waals surface area contributed by atoms with E-state index in [1.807, 2.05) is 6.92 Å². The number of benzene rings is 1. The summed E-state index contributed by atoms with van der Waals surface area (Å²) in [6.45, 7) is 8.90. The van der Waals surface area contributed by atoms with Crippen molar-refractivity contribution < 1.29 is 9.13 Å². The average molecular weight is 485 g/mol. The van der Waals surface area contributed by atoms with Crippen molar-refractivity contribution >= 4 is 17.4 Å². The molecule has 1 aromatic carbocycles. The maximum Gasteiger partial charge on any atom is 0.320 e. The van der Waals surface area contributed by atoms with Gasteiger partial charge in [-0.25, -0.2) is 19.0 Å². The highest BCUT2D eigenvalue weighted by molar-refractivity contribution is 6.30. The molecule has 0 radical (unpaired) electrons. The van der Waals surface area contributed by atoms with Crippen LogP contribution in [-0.4, -0.2) is 37.8 Å². The van der Waals surface area contributed by atoms with Crippen LogP contribution in [0.15, 0.2) is 30.6 Å². The first-order valence-electron chi connectivity index (χ1n) is 12.0. The molecule has 5 rings (SSSR count). The van der Waals surface area contributed by atoms with E-state index in [1.165, 1.54) is 25.0 Å². The molecule has 1 aliphatic heterocycles. The zero-order valence-electron chi connectivity index (χ0n) is 19.8. The Bertz CT molecular complexity index is 1130. The number of rotatable bonds is 7. The van der Waals surface area contributed by atoms with Crippen molar-refractivity contribution in [1.82, 2.24) is 24.7 Å². The number of ether oxygens (including phenoxy) is 1. The topological polar surface area (TPSA) is 69.0 Å². The molecule has 0 amide bonds. The van der Waals surface area contributed by atoms with Gasteiger partial charge in [-0.15, -0.1) is 0 Å². The Kier molecular flexibility index (Phi) is 6.42. The van der Waals surface area contributed by atoms with Gasteiger partial charge in [0.15, 0.2) is 5.82 Å². The van der Waals surface area contributed by atoms with Gasteiger partial charge < -0.3 is 9.64 Å². The standard InChI is InChI=1S/C25H30ClFN6O/c1-15(2)11-33-25(34-21-8-19(26)7-20(27)9-21)30-23(31-33)10-22-17-4-5-18(22)13-32(12-17)24-6-16(3)28-14-29-24/h6-9,14-15,17-18,22H,4-5,10-13H2,1-3H3/t17-,18+,22?. The zero-order valence-corrected chi connectivity index (χ0v) is 20.5. The minimum Gasteiger partial charge on any atom is -0.424 e. The lowest BCUT2D eigenvalue weighted by Crippen LogP contribution is -2.43. The lowest BCUT2D eigenvalue weighted by molar-refractivity contribution is 0.264. The van der Waals surface area contributed by atoms with Crippen molar-refractivity contribution in [1.29, 1.82) is 0 Å². The Morgan fingerprint density at radius 1 is 1.12 bits per heavy atom. The summed E-state index contributed by atoms with van der Waals surface area (Å²) >= 11 is 6.00. The number of aromatic nitrogens is 5. The highest BCUT2D eigenvalue weighted by Gasteiger charge is 2.42. The summed E-state index contributed by atoms with van der Waals surface area (Å²) in [5, 5.41) is 5.08. The third-order valence-corrected chi connectivity index (χ3v) is 7.04. The molecule has 3 heterocycles. The predicted octanol–water partition coefficient (Wildman–Crippen LogP) is 5.32. The van der Waals surface area contributed by atoms with Gasteiger partial charge in [-0.2, -0.15) is 10.1 Å². The second-order valence-corrected chi connectivity index (χ2v) is 10.4. The molecule has 2 bridgehead atoms. The molecule has 34 heavy (non-hydrogen) atoms. The maximum absolute atomic E-state index is 13.8. The average Bonchev–Trinajstić information content (AvgIpc) is 3.21. The normalized spacial score (nSPS) is 21.9. The van der Waals surface area contributed by atoms with E-state index in [9.17, 15) is 4.39 Å². The fourth-order valence-corrected chi connectivity index (χ4v) is 5.58. The van der Waals surface area contributed by atoms with Crippen molar-refractivity contribution in [3.05, 3.63) is 53.0 Å². The number of fused-ring (bicyclic) bond motifs is 2. The Labute approximate surface area is 204 Å². The summed E-state index contributed by atoms with van der Waals surface area (Å²) in [5.41, 5.74) is 0.992. The minimum absolute atomic E-state index is 0.285. The Hall–Kier alpha value is -2.74. The zero-order chi connectivity index (χ0) is 23.8. The van der Waals surface area contributed by atoms with Crippen LogP contribution in [0.25, 0.3) is 0 Å². The summed E-state index contributed by atoms with van der Waals surface area (Å²) in [4.78, 5) is 15.9. The van der Waals surface area contributed by atoms with Crippen LogP contribution in [0.1, 0.15) is 38.2 Å². The molecular formula is C25H30ClFN6O. The van der Waals surface area contributed by atoms with Crippen LogP contribution in [-0.2, 0) is 13.0 Å². The van der Waals surface area contributed by atoms with Gasteiger partial charge in [0.05, 0.1) is 0 Å². The number of piperidine rings is 1. The van der Waals surface area contributed by atoms with Crippen molar-refractivity contribution in [3.8, 4) is 11.8 Å². The van der Waals surface area contributed by atoms with E-state index in [0.29, 0.717) is 42.0 Å². The molecule has 9 heteroatoms. The van der Waals surface area contributed by atoms with Crippen LogP contribution in [0.4, 0.5) is 10.2 Å². The van der Waals surface area contributed by atoms with Crippen LogP contribution < -0.4 is 9.64 Å². The van der Waals surface area contributed by atoms with E-state index >= 15 is 0 Å². The monoisotopic (exact) mass is 484 g/mol. The molecule has 2 fully saturated rings. The van der Waals surface area contributed by atoms with E-state index in [0.717, 1.165) is 36.8 Å². The second kappa shape index (κ2) is 9.49. The first-order valence-corrected chi connectivity index (χ1v) is 12.3. The molecule has 3 aromatic rings. The summed E-state index contributed by atoms with van der Waals surface area (Å²) in [5.74, 6) is 3.74. The SMILES string of the molecule is Cc1cc(N2C[C@H]3CC[C@@H](C2)C3Cc2nc(Oc3cc(F)cc(Cl)c3)n(CC(C)C)n2)ncn1. The first kappa shape index (κ1) is 23.0. The van der Waals surface area contributed by atoms with Gasteiger partial charge in [0.1, 0.15) is 23.7 Å². The van der Waals surface area contributed by atoms with E-state index in [2.05, 4.69) is 34.8 Å². The number of aryl methyl sites for hydroxylation is 1. The van der Waals surface area contributed by atoms with Crippen LogP contribution >= 0.6 is 11.6 Å². The van der Waals surface area contributed by atoms with E-state index in [4.69, 9.17) is 26.4 Å². The quantitative estimate of drug-likeness (QED) is 0.452.